The molecule has 0 amide bonds. The second-order valence-corrected chi connectivity index (χ2v) is 10.3. The van der Waals surface area contributed by atoms with E-state index in [0.717, 1.165) is 0 Å². The van der Waals surface area contributed by atoms with Crippen molar-refractivity contribution >= 4 is 17.3 Å². The number of carboxylic acids is 1. The van der Waals surface area contributed by atoms with Gasteiger partial charge in [0.15, 0.2) is 5.82 Å². The number of carbonyl (C=O) groups is 1. The van der Waals surface area contributed by atoms with Crippen LogP contribution in [0, 0.1) is 17.2 Å². The normalized spacial score (nSPS) is 18.0. The average Bonchev–Trinajstić information content (AvgIpc) is 2.84. The Morgan fingerprint density at radius 1 is 1.22 bits per heavy atom. The molecule has 0 bridgehead atoms. The van der Waals surface area contributed by atoms with Gasteiger partial charge in [-0.2, -0.15) is 0 Å². The summed E-state index contributed by atoms with van der Waals surface area (Å²) >= 11 is 0. The van der Waals surface area contributed by atoms with E-state index in [-0.39, 0.29) is 23.1 Å². The number of hydrogen-bond acceptors (Lipinski definition) is 5. The van der Waals surface area contributed by atoms with E-state index in [9.17, 15) is 14.7 Å². The van der Waals surface area contributed by atoms with Gasteiger partial charge in [0.2, 0.25) is 5.43 Å². The number of nitrogens with zero attached hydrogens (tertiary/aromatic N) is 2. The average molecular weight is 517 g/mol. The Balaban J connectivity index is 2.94. The number of ether oxygens (including phenoxy) is 2. The minimum absolute atomic E-state index is 0.104. The molecule has 0 spiro atoms. The summed E-state index contributed by atoms with van der Waals surface area (Å²) in [6.45, 7) is 13.0. The number of halogens is 1. The van der Waals surface area contributed by atoms with Gasteiger partial charge in [-0.05, 0) is 35.8 Å². The van der Waals surface area contributed by atoms with Crippen LogP contribution in [0.4, 0.5) is 4.39 Å². The number of methoxy groups -OCH3 is 1. The number of rotatable bonds is 11. The van der Waals surface area contributed by atoms with E-state index in [4.69, 9.17) is 9.47 Å². The Morgan fingerprint density at radius 2 is 1.89 bits per heavy atom. The third-order valence-electron chi connectivity index (χ3n) is 6.75. The van der Waals surface area contributed by atoms with Gasteiger partial charge in [-0.25, -0.2) is 9.18 Å². The maximum atomic E-state index is 16.1. The molecule has 1 aliphatic rings. The molecule has 0 saturated heterocycles. The molecule has 1 N–H and O–H groups in total. The number of aromatic carboxylic acids is 1. The predicted octanol–water partition coefficient (Wildman–Crippen LogP) is 6.06. The van der Waals surface area contributed by atoms with Crippen LogP contribution in [0.1, 0.15) is 82.9 Å². The number of carboxylic acid groups (broad SMARTS) is 1. The summed E-state index contributed by atoms with van der Waals surface area (Å²) in [5.41, 5.74) is -0.133. The molecular weight excluding hydrogens is 475 g/mol. The molecule has 1 aromatic rings. The molecule has 2 unspecified atom stereocenters. The van der Waals surface area contributed by atoms with Crippen LogP contribution in [0.3, 0.4) is 0 Å². The summed E-state index contributed by atoms with van der Waals surface area (Å²) < 4.78 is 28.9. The van der Waals surface area contributed by atoms with Crippen LogP contribution >= 0.6 is 0 Å². The van der Waals surface area contributed by atoms with Crippen molar-refractivity contribution in [1.29, 1.82) is 0 Å². The van der Waals surface area contributed by atoms with Crippen LogP contribution in [-0.4, -0.2) is 48.7 Å². The summed E-state index contributed by atoms with van der Waals surface area (Å²) in [5.74, 6) is -2.13. The third-order valence-corrected chi connectivity index (χ3v) is 6.75. The SMILES string of the molecule is CCC(C)/C(=C1/C=CC=C(OCCCOC)C1=NC)c1c(F)c(=O)c(C(=O)O)cn1C(CC)C(C)(C)C. The van der Waals surface area contributed by atoms with E-state index >= 15 is 4.39 Å². The van der Waals surface area contributed by atoms with Gasteiger partial charge in [0, 0.05) is 45.0 Å². The number of allylic oxidation sites excluding steroid dienone is 5. The van der Waals surface area contributed by atoms with E-state index < -0.39 is 22.8 Å². The Hall–Kier alpha value is -3.00. The minimum atomic E-state index is -1.45. The highest BCUT2D eigenvalue weighted by Gasteiger charge is 2.34. The first kappa shape index (κ1) is 30.2. The number of pyridine rings is 1. The smallest absolute Gasteiger partial charge is 0.341 e. The lowest BCUT2D eigenvalue weighted by molar-refractivity contribution is 0.0692. The van der Waals surface area contributed by atoms with Gasteiger partial charge in [0.25, 0.3) is 0 Å². The topological polar surface area (TPSA) is 90.1 Å². The lowest BCUT2D eigenvalue weighted by atomic mass is 9.82. The van der Waals surface area contributed by atoms with E-state index in [0.29, 0.717) is 55.1 Å². The monoisotopic (exact) mass is 516 g/mol. The van der Waals surface area contributed by atoms with Gasteiger partial charge in [-0.3, -0.25) is 9.79 Å². The first-order chi connectivity index (χ1) is 17.4. The second kappa shape index (κ2) is 13.0. The highest BCUT2D eigenvalue weighted by atomic mass is 19.1. The molecule has 1 heterocycles. The molecule has 8 heteroatoms. The van der Waals surface area contributed by atoms with Gasteiger partial charge in [0.1, 0.15) is 17.0 Å². The fraction of sp³-hybridized carbons (Fsp3) is 0.552. The van der Waals surface area contributed by atoms with Crippen molar-refractivity contribution in [3.63, 3.8) is 0 Å². The maximum absolute atomic E-state index is 16.1. The molecule has 0 aliphatic heterocycles. The zero-order valence-electron chi connectivity index (χ0n) is 23.4. The van der Waals surface area contributed by atoms with Crippen LogP contribution in [-0.2, 0) is 9.47 Å². The minimum Gasteiger partial charge on any atom is -0.491 e. The van der Waals surface area contributed by atoms with Crippen molar-refractivity contribution in [3.8, 4) is 0 Å². The van der Waals surface area contributed by atoms with Crippen LogP contribution in [0.5, 0.6) is 0 Å². The van der Waals surface area contributed by atoms with Gasteiger partial charge in [0.05, 0.1) is 12.3 Å². The van der Waals surface area contributed by atoms with Crippen molar-refractivity contribution in [1.82, 2.24) is 4.57 Å². The van der Waals surface area contributed by atoms with Crippen LogP contribution in [0.15, 0.2) is 45.5 Å². The van der Waals surface area contributed by atoms with E-state index in [2.05, 4.69) is 4.99 Å². The molecular formula is C29H41FN2O5. The van der Waals surface area contributed by atoms with Crippen molar-refractivity contribution in [2.45, 2.75) is 66.8 Å². The number of aliphatic imine (C=N–C) groups is 1. The van der Waals surface area contributed by atoms with Gasteiger partial charge in [-0.15, -0.1) is 0 Å². The van der Waals surface area contributed by atoms with E-state index in [1.54, 1.807) is 18.7 Å². The molecule has 37 heavy (non-hydrogen) atoms. The second-order valence-electron chi connectivity index (χ2n) is 10.3. The van der Waals surface area contributed by atoms with Crippen LogP contribution < -0.4 is 5.43 Å². The first-order valence-electron chi connectivity index (χ1n) is 12.8. The molecule has 0 saturated carbocycles. The summed E-state index contributed by atoms with van der Waals surface area (Å²) in [7, 11) is 3.28. The van der Waals surface area contributed by atoms with Crippen molar-refractivity contribution in [2.24, 2.45) is 16.3 Å². The molecule has 0 radical (unpaired) electrons. The largest absolute Gasteiger partial charge is 0.491 e. The first-order valence-corrected chi connectivity index (χ1v) is 12.8. The molecule has 0 aromatic carbocycles. The highest BCUT2D eigenvalue weighted by Crippen LogP contribution is 2.40. The maximum Gasteiger partial charge on any atom is 0.341 e. The fourth-order valence-corrected chi connectivity index (χ4v) is 4.79. The van der Waals surface area contributed by atoms with Gasteiger partial charge >= 0.3 is 5.97 Å². The third kappa shape index (κ3) is 6.66. The fourth-order valence-electron chi connectivity index (χ4n) is 4.79. The lowest BCUT2D eigenvalue weighted by Gasteiger charge is -2.36. The summed E-state index contributed by atoms with van der Waals surface area (Å²) in [4.78, 5) is 29.4. The van der Waals surface area contributed by atoms with Crippen molar-refractivity contribution in [2.75, 3.05) is 27.4 Å². The summed E-state index contributed by atoms with van der Waals surface area (Å²) in [5, 5.41) is 9.69. The predicted molar refractivity (Wildman–Crippen MR) is 146 cm³/mol. The van der Waals surface area contributed by atoms with Crippen LogP contribution in [0.2, 0.25) is 0 Å². The molecule has 204 valence electrons. The van der Waals surface area contributed by atoms with Crippen molar-refractivity contribution < 1.29 is 23.8 Å². The summed E-state index contributed by atoms with van der Waals surface area (Å²) in [6.07, 6.45) is 8.76. The molecule has 1 aromatic heterocycles. The Kier molecular flexibility index (Phi) is 10.6. The van der Waals surface area contributed by atoms with Crippen molar-refractivity contribution in [3.05, 3.63) is 63.1 Å². The Morgan fingerprint density at radius 3 is 2.41 bits per heavy atom. The lowest BCUT2D eigenvalue weighted by Crippen LogP contribution is -2.32. The van der Waals surface area contributed by atoms with E-state index in [1.807, 2.05) is 59.8 Å². The standard InChI is InChI=1S/C29H41FN2O5/c1-9-18(3)23(19-13-11-14-21(25(19)31-7)37-16-12-15-36-8)26-24(30)27(33)20(28(34)35)17-32(26)22(10-2)29(4,5)6/h11,13-14,17-18,22H,9-10,12,15-16H2,1-8H3,(H,34,35)/b23-19+,31-25?. The molecule has 1 aliphatic carbocycles. The number of hydrogen-bond donors (Lipinski definition) is 1. The molecule has 0 fully saturated rings. The highest BCUT2D eigenvalue weighted by molar-refractivity contribution is 6.18. The van der Waals surface area contributed by atoms with Crippen LogP contribution in [0.25, 0.3) is 5.57 Å². The zero-order valence-corrected chi connectivity index (χ0v) is 23.4. The van der Waals surface area contributed by atoms with Gasteiger partial charge in [-0.1, -0.05) is 53.7 Å². The Labute approximate surface area is 219 Å². The molecule has 7 nitrogen and oxygen atoms in total. The van der Waals surface area contributed by atoms with Gasteiger partial charge < -0.3 is 19.1 Å². The van der Waals surface area contributed by atoms with E-state index in [1.165, 1.54) is 6.20 Å². The molecule has 2 rings (SSSR count). The zero-order chi connectivity index (χ0) is 27.9. The number of aromatic nitrogens is 1. The quantitative estimate of drug-likeness (QED) is 0.361. The Bertz CT molecular complexity index is 1170. The summed E-state index contributed by atoms with van der Waals surface area (Å²) in [6, 6.07) is -0.273. The molecule has 2 atom stereocenters.